The maximum absolute atomic E-state index is 11.1. The minimum atomic E-state index is -3.51. The number of ether oxygens (including phenoxy) is 1. The minimum Gasteiger partial charge on any atom is -0.469 e. The summed E-state index contributed by atoms with van der Waals surface area (Å²) < 4.78 is 28.6. The van der Waals surface area contributed by atoms with Gasteiger partial charge in [-0.15, -0.1) is 0 Å². The molecule has 0 amide bonds. The predicted octanol–water partition coefficient (Wildman–Crippen LogP) is -1.24. The van der Waals surface area contributed by atoms with Crippen LogP contribution in [0.4, 0.5) is 0 Å². The highest BCUT2D eigenvalue weighted by molar-refractivity contribution is 7.92. The molecule has 0 spiro atoms. The largest absolute Gasteiger partial charge is 0.469 e. The lowest BCUT2D eigenvalue weighted by Gasteiger charge is -2.04. The smallest absolute Gasteiger partial charge is 0.306 e. The van der Waals surface area contributed by atoms with Crippen molar-refractivity contribution in [2.75, 3.05) is 19.4 Å². The molecule has 0 aromatic carbocycles. The Bertz CT molecular complexity index is 312. The van der Waals surface area contributed by atoms with Crippen LogP contribution in [0.15, 0.2) is 0 Å². The van der Waals surface area contributed by atoms with Gasteiger partial charge in [0.05, 0.1) is 18.5 Å². The van der Waals surface area contributed by atoms with Crippen molar-refractivity contribution in [1.29, 1.82) is 0 Å². The quantitative estimate of drug-likeness (QED) is 0.445. The molecule has 0 bridgehead atoms. The van der Waals surface area contributed by atoms with Crippen molar-refractivity contribution < 1.29 is 17.9 Å². The first-order valence-corrected chi connectivity index (χ1v) is 5.76. The van der Waals surface area contributed by atoms with Crippen LogP contribution in [0.3, 0.4) is 0 Å². The van der Waals surface area contributed by atoms with Gasteiger partial charge < -0.3 is 10.5 Å². The second-order valence-electron chi connectivity index (χ2n) is 2.45. The molecule has 0 fully saturated rings. The number of nitrogens with two attached hydrogens (primary N) is 1. The average Bonchev–Trinajstić information content (AvgIpc) is 2.01. The van der Waals surface area contributed by atoms with Crippen molar-refractivity contribution in [1.82, 2.24) is 4.72 Å². The second kappa shape index (κ2) is 5.89. The number of hydrogen-bond acceptors (Lipinski definition) is 5. The van der Waals surface area contributed by atoms with Crippen LogP contribution >= 0.6 is 12.2 Å². The lowest BCUT2D eigenvalue weighted by Crippen LogP contribution is -2.33. The zero-order valence-electron chi connectivity index (χ0n) is 7.65. The first-order chi connectivity index (χ1) is 6.37. The fourth-order valence-corrected chi connectivity index (χ4v) is 2.00. The van der Waals surface area contributed by atoms with Crippen LogP contribution in [0, 0.1) is 0 Å². The van der Waals surface area contributed by atoms with E-state index < -0.39 is 21.7 Å². The number of esters is 1. The normalized spacial score (nSPS) is 10.9. The average molecular weight is 240 g/mol. The molecule has 0 aromatic rings. The summed E-state index contributed by atoms with van der Waals surface area (Å²) in [4.78, 5) is 10.5. The van der Waals surface area contributed by atoms with Crippen LogP contribution < -0.4 is 10.5 Å². The van der Waals surface area contributed by atoms with E-state index in [0.717, 1.165) is 0 Å². The van der Waals surface area contributed by atoms with Gasteiger partial charge >= 0.3 is 5.97 Å². The van der Waals surface area contributed by atoms with Crippen molar-refractivity contribution in [3.05, 3.63) is 0 Å². The van der Waals surface area contributed by atoms with E-state index in [0.29, 0.717) is 0 Å². The second-order valence-corrected chi connectivity index (χ2v) is 4.78. The van der Waals surface area contributed by atoms with E-state index in [1.54, 1.807) is 0 Å². The Morgan fingerprint density at radius 1 is 1.57 bits per heavy atom. The molecule has 6 nitrogen and oxygen atoms in total. The van der Waals surface area contributed by atoms with Gasteiger partial charge in [0.2, 0.25) is 10.0 Å². The molecular formula is C6H12N2O4S2. The Balaban J connectivity index is 3.89. The van der Waals surface area contributed by atoms with E-state index in [4.69, 9.17) is 5.73 Å². The standard InChI is InChI=1S/C6H12N2O4S2/c1-12-6(9)2-3-8-14(10,11)4-5(7)13/h8H,2-4H2,1H3,(H2,7,13). The summed E-state index contributed by atoms with van der Waals surface area (Å²) in [6, 6.07) is 0. The molecule has 0 heterocycles. The molecular weight excluding hydrogens is 228 g/mol. The Kier molecular flexibility index (Phi) is 5.58. The number of nitrogens with one attached hydrogen (secondary N) is 1. The lowest BCUT2D eigenvalue weighted by atomic mass is 10.4. The highest BCUT2D eigenvalue weighted by Gasteiger charge is 2.11. The van der Waals surface area contributed by atoms with E-state index in [9.17, 15) is 13.2 Å². The number of carbonyl (C=O) groups is 1. The van der Waals surface area contributed by atoms with Crippen molar-refractivity contribution in [2.24, 2.45) is 5.73 Å². The molecule has 0 saturated heterocycles. The molecule has 0 saturated carbocycles. The molecule has 0 rings (SSSR count). The third-order valence-corrected chi connectivity index (χ3v) is 2.87. The van der Waals surface area contributed by atoms with E-state index in [1.165, 1.54) is 7.11 Å². The van der Waals surface area contributed by atoms with Gasteiger partial charge in [-0.1, -0.05) is 12.2 Å². The van der Waals surface area contributed by atoms with E-state index >= 15 is 0 Å². The molecule has 14 heavy (non-hydrogen) atoms. The molecule has 0 aliphatic carbocycles. The number of carbonyl (C=O) groups excluding carboxylic acids is 1. The molecule has 0 aliphatic rings. The first-order valence-electron chi connectivity index (χ1n) is 3.70. The van der Waals surface area contributed by atoms with Crippen LogP contribution in [0.2, 0.25) is 0 Å². The molecule has 8 heteroatoms. The topological polar surface area (TPSA) is 98.5 Å². The molecule has 0 aromatic heterocycles. The number of methoxy groups -OCH3 is 1. The molecule has 0 aliphatic heterocycles. The van der Waals surface area contributed by atoms with Gasteiger partial charge in [0.15, 0.2) is 0 Å². The minimum absolute atomic E-state index is 0.0162. The number of thiocarbonyl (C=S) groups is 1. The van der Waals surface area contributed by atoms with Gasteiger partial charge in [0, 0.05) is 6.54 Å². The Morgan fingerprint density at radius 2 is 2.14 bits per heavy atom. The molecule has 0 atom stereocenters. The lowest BCUT2D eigenvalue weighted by molar-refractivity contribution is -0.140. The van der Waals surface area contributed by atoms with E-state index in [2.05, 4.69) is 21.7 Å². The van der Waals surface area contributed by atoms with Gasteiger partial charge in [-0.05, 0) is 0 Å². The summed E-state index contributed by atoms with van der Waals surface area (Å²) in [5, 5.41) is 0. The third kappa shape index (κ3) is 6.75. The highest BCUT2D eigenvalue weighted by atomic mass is 32.2. The zero-order chi connectivity index (χ0) is 11.2. The summed E-state index contributed by atoms with van der Waals surface area (Å²) in [6.07, 6.45) is -0.0208. The van der Waals surface area contributed by atoms with Crippen LogP contribution in [0.1, 0.15) is 6.42 Å². The summed E-state index contributed by atoms with van der Waals surface area (Å²) >= 11 is 4.44. The van der Waals surface area contributed by atoms with E-state index in [1.807, 2.05) is 0 Å². The van der Waals surface area contributed by atoms with Gasteiger partial charge in [-0.3, -0.25) is 4.79 Å². The summed E-state index contributed by atoms with van der Waals surface area (Å²) in [7, 11) is -2.28. The van der Waals surface area contributed by atoms with Gasteiger partial charge in [0.1, 0.15) is 5.75 Å². The number of sulfonamides is 1. The summed E-state index contributed by atoms with van der Waals surface area (Å²) in [5.74, 6) is -0.896. The molecule has 3 N–H and O–H groups in total. The van der Waals surface area contributed by atoms with Crippen molar-refractivity contribution in [3.63, 3.8) is 0 Å². The van der Waals surface area contributed by atoms with Crippen LogP contribution in [-0.2, 0) is 19.6 Å². The van der Waals surface area contributed by atoms with Crippen LogP contribution in [0.5, 0.6) is 0 Å². The molecule has 0 unspecified atom stereocenters. The van der Waals surface area contributed by atoms with Gasteiger partial charge in [-0.25, -0.2) is 13.1 Å². The SMILES string of the molecule is COC(=O)CCNS(=O)(=O)CC(N)=S. The Morgan fingerprint density at radius 3 is 2.57 bits per heavy atom. The van der Waals surface area contributed by atoms with Crippen molar-refractivity contribution >= 4 is 33.2 Å². The predicted molar refractivity (Wildman–Crippen MR) is 55.2 cm³/mol. The monoisotopic (exact) mass is 240 g/mol. The summed E-state index contributed by atoms with van der Waals surface area (Å²) in [6.45, 7) is -0.0162. The number of rotatable bonds is 6. The highest BCUT2D eigenvalue weighted by Crippen LogP contribution is 1.87. The Labute approximate surface area is 87.8 Å². The number of hydrogen-bond donors (Lipinski definition) is 2. The third-order valence-electron chi connectivity index (χ3n) is 1.21. The maximum Gasteiger partial charge on any atom is 0.306 e. The van der Waals surface area contributed by atoms with Crippen molar-refractivity contribution in [2.45, 2.75) is 6.42 Å². The zero-order valence-corrected chi connectivity index (χ0v) is 9.28. The van der Waals surface area contributed by atoms with Crippen LogP contribution in [0.25, 0.3) is 0 Å². The fourth-order valence-electron chi connectivity index (χ4n) is 0.649. The molecule has 0 radical (unpaired) electrons. The first kappa shape index (κ1) is 13.3. The Hall–Kier alpha value is -0.730. The van der Waals surface area contributed by atoms with Gasteiger partial charge in [0.25, 0.3) is 0 Å². The van der Waals surface area contributed by atoms with E-state index in [-0.39, 0.29) is 18.0 Å². The summed E-state index contributed by atoms with van der Waals surface area (Å²) in [5.41, 5.74) is 5.06. The fraction of sp³-hybridized carbons (Fsp3) is 0.667. The van der Waals surface area contributed by atoms with Crippen LogP contribution in [-0.4, -0.2) is 38.8 Å². The maximum atomic E-state index is 11.1. The van der Waals surface area contributed by atoms with Crippen molar-refractivity contribution in [3.8, 4) is 0 Å². The molecule has 82 valence electrons. The van der Waals surface area contributed by atoms with Gasteiger partial charge in [-0.2, -0.15) is 0 Å².